The molecule has 5 aromatic rings. The molecule has 7 rings (SSSR count). The summed E-state index contributed by atoms with van der Waals surface area (Å²) in [6, 6.07) is 32.0. The Labute approximate surface area is 314 Å². The van der Waals surface area contributed by atoms with Crippen LogP contribution in [0.1, 0.15) is 79.7 Å². The number of fused-ring (bicyclic) bond motifs is 1. The van der Waals surface area contributed by atoms with E-state index in [4.69, 9.17) is 14.6 Å². The monoisotopic (exact) mass is 732 g/mol. The number of aromatic amines is 1. The molecular formula is C43H48N4O7. The number of ether oxygens (including phenoxy) is 2. The highest BCUT2D eigenvalue weighted by Gasteiger charge is 2.39. The van der Waals surface area contributed by atoms with Crippen LogP contribution in [0, 0.1) is 5.92 Å². The van der Waals surface area contributed by atoms with Gasteiger partial charge in [-0.1, -0.05) is 91.9 Å². The molecule has 0 spiro atoms. The summed E-state index contributed by atoms with van der Waals surface area (Å²) in [7, 11) is 0. The molecule has 4 aromatic carbocycles. The van der Waals surface area contributed by atoms with Gasteiger partial charge in [0.15, 0.2) is 6.29 Å². The van der Waals surface area contributed by atoms with Gasteiger partial charge < -0.3 is 34.9 Å². The lowest BCUT2D eigenvalue weighted by Gasteiger charge is -2.44. The maximum Gasteiger partial charge on any atom is 0.326 e. The third-order valence-electron chi connectivity index (χ3n) is 10.9. The van der Waals surface area contributed by atoms with Crippen LogP contribution in [-0.2, 0) is 32.2 Å². The first-order valence-electron chi connectivity index (χ1n) is 18.9. The fourth-order valence-corrected chi connectivity index (χ4v) is 7.84. The van der Waals surface area contributed by atoms with Gasteiger partial charge in [0.25, 0.3) is 0 Å². The molecule has 282 valence electrons. The van der Waals surface area contributed by atoms with Crippen molar-refractivity contribution in [3.05, 3.63) is 130 Å². The zero-order valence-electron chi connectivity index (χ0n) is 30.5. The number of carbonyl (C=O) groups excluding carboxylic acids is 1. The highest BCUT2D eigenvalue weighted by molar-refractivity contribution is 5.77. The number of aliphatic hydroxyl groups excluding tert-OH is 1. The minimum Gasteiger partial charge on any atom is -0.481 e. The van der Waals surface area contributed by atoms with Crippen molar-refractivity contribution in [3.63, 3.8) is 0 Å². The number of nitrogens with zero attached hydrogens (tertiary/aromatic N) is 2. The van der Waals surface area contributed by atoms with Crippen LogP contribution in [0.4, 0.5) is 0 Å². The first-order valence-corrected chi connectivity index (χ1v) is 18.9. The minimum absolute atomic E-state index is 0.0228. The van der Waals surface area contributed by atoms with Crippen molar-refractivity contribution in [3.8, 4) is 11.1 Å². The third-order valence-corrected chi connectivity index (χ3v) is 10.9. The van der Waals surface area contributed by atoms with Crippen LogP contribution in [0.15, 0.2) is 102 Å². The van der Waals surface area contributed by atoms with Gasteiger partial charge in [-0.25, -0.2) is 4.79 Å². The molecule has 4 N–H and O–H groups in total. The van der Waals surface area contributed by atoms with Crippen molar-refractivity contribution < 1.29 is 29.3 Å². The van der Waals surface area contributed by atoms with E-state index in [1.807, 2.05) is 102 Å². The number of likely N-dealkylation sites (tertiary alicyclic amines) is 1. The Balaban J connectivity index is 1.06. The van der Waals surface area contributed by atoms with Crippen LogP contribution in [0.3, 0.4) is 0 Å². The molecule has 3 heterocycles. The average molecular weight is 733 g/mol. The van der Waals surface area contributed by atoms with Crippen molar-refractivity contribution >= 4 is 22.9 Å². The van der Waals surface area contributed by atoms with Crippen molar-refractivity contribution in [2.75, 3.05) is 19.6 Å². The number of para-hydroxylation sites is 2. The van der Waals surface area contributed by atoms with Gasteiger partial charge in [0.1, 0.15) is 0 Å². The number of carbonyl (C=O) groups is 2. The Morgan fingerprint density at radius 1 is 0.870 bits per heavy atom. The van der Waals surface area contributed by atoms with E-state index in [9.17, 15) is 19.5 Å². The van der Waals surface area contributed by atoms with E-state index in [1.54, 1.807) is 0 Å². The molecule has 4 atom stereocenters. The van der Waals surface area contributed by atoms with E-state index in [1.165, 1.54) is 0 Å². The van der Waals surface area contributed by atoms with E-state index in [0.717, 1.165) is 76.9 Å². The van der Waals surface area contributed by atoms with Crippen LogP contribution in [0.2, 0.25) is 0 Å². The number of carboxylic acids is 1. The third kappa shape index (κ3) is 8.50. The van der Waals surface area contributed by atoms with Crippen molar-refractivity contribution in [2.24, 2.45) is 5.92 Å². The number of H-pyrrole nitrogens is 1. The van der Waals surface area contributed by atoms with Gasteiger partial charge in [-0.15, -0.1) is 0 Å². The number of hydrogen-bond acceptors (Lipinski definition) is 7. The quantitative estimate of drug-likeness (QED) is 0.108. The second-order valence-corrected chi connectivity index (χ2v) is 14.5. The summed E-state index contributed by atoms with van der Waals surface area (Å²) >= 11 is 0. The molecule has 0 bridgehead atoms. The number of aliphatic hydroxyl groups is 1. The van der Waals surface area contributed by atoms with Gasteiger partial charge in [-0.3, -0.25) is 14.2 Å². The largest absolute Gasteiger partial charge is 0.481 e. The van der Waals surface area contributed by atoms with Crippen LogP contribution < -0.4 is 11.0 Å². The Bertz CT molecular complexity index is 2100. The average Bonchev–Trinajstić information content (AvgIpc) is 3.54. The SMILES string of the molecule is C[C@H]1[C@@H](CN2CCC(n3c(=O)[nH]c4ccccc43)CC2)O[C@@H](c2ccc(-c3ccccc3CNC(=O)CCCC(=O)O)cc2)O[C@H]1c1ccc(CO)cc1. The predicted molar refractivity (Wildman–Crippen MR) is 205 cm³/mol. The second-order valence-electron chi connectivity index (χ2n) is 14.5. The minimum atomic E-state index is -0.907. The molecule has 1 amide bonds. The molecule has 2 saturated heterocycles. The number of benzene rings is 4. The fourth-order valence-electron chi connectivity index (χ4n) is 7.84. The summed E-state index contributed by atoms with van der Waals surface area (Å²) in [5, 5.41) is 21.5. The molecule has 1 aromatic heterocycles. The predicted octanol–water partition coefficient (Wildman–Crippen LogP) is 6.49. The Morgan fingerprint density at radius 2 is 1.57 bits per heavy atom. The number of aromatic nitrogens is 2. The lowest BCUT2D eigenvalue weighted by molar-refractivity contribution is -0.276. The number of aliphatic carboxylic acids is 1. The summed E-state index contributed by atoms with van der Waals surface area (Å²) in [5.74, 6) is -1.04. The number of imidazole rings is 1. The Kier molecular flexibility index (Phi) is 11.7. The summed E-state index contributed by atoms with van der Waals surface area (Å²) in [6.45, 7) is 4.92. The highest BCUT2D eigenvalue weighted by atomic mass is 16.7. The van der Waals surface area contributed by atoms with Gasteiger partial charge in [0.05, 0.1) is 29.8 Å². The standard InChI is InChI=1S/C43H48N4O7/c1-28-38(26-46-23-21-34(22-24-46)47-37-10-5-4-9-36(37)45-43(47)52)53-42(54-41(28)31-15-13-29(27-48)14-16-31)32-19-17-30(18-20-32)35-8-3-2-7-33(35)25-44-39(49)11-6-12-40(50)51/h2-5,7-10,13-20,28,34,38,41-42,48H,6,11-12,21-27H2,1H3,(H,44,49)(H,45,52)(H,50,51)/t28-,38+,41+,42+/m0/s1. The normalized spacial score (nSPS) is 20.9. The molecule has 0 saturated carbocycles. The molecule has 11 heteroatoms. The first-order chi connectivity index (χ1) is 26.3. The number of hydrogen-bond donors (Lipinski definition) is 4. The molecule has 2 aliphatic heterocycles. The van der Waals surface area contributed by atoms with Crippen LogP contribution in [0.5, 0.6) is 0 Å². The van der Waals surface area contributed by atoms with Crippen molar-refractivity contribution in [1.82, 2.24) is 19.8 Å². The molecule has 2 fully saturated rings. The number of piperidine rings is 1. The molecule has 0 aliphatic carbocycles. The fraction of sp³-hybridized carbons (Fsp3) is 0.372. The van der Waals surface area contributed by atoms with Crippen LogP contribution in [-0.4, -0.2) is 62.3 Å². The van der Waals surface area contributed by atoms with Gasteiger partial charge >= 0.3 is 11.7 Å². The Hall–Kier alpha value is -5.07. The molecule has 11 nitrogen and oxygen atoms in total. The number of nitrogens with one attached hydrogen (secondary N) is 2. The second kappa shape index (κ2) is 16.9. The van der Waals surface area contributed by atoms with Gasteiger partial charge in [-0.2, -0.15) is 0 Å². The van der Waals surface area contributed by atoms with Crippen LogP contribution in [0.25, 0.3) is 22.2 Å². The lowest BCUT2D eigenvalue weighted by Crippen LogP contribution is -2.47. The molecule has 2 aliphatic rings. The van der Waals surface area contributed by atoms with E-state index in [-0.39, 0.29) is 55.2 Å². The highest BCUT2D eigenvalue weighted by Crippen LogP contribution is 2.42. The first kappa shape index (κ1) is 37.3. The zero-order chi connectivity index (χ0) is 37.6. The summed E-state index contributed by atoms with van der Waals surface area (Å²) < 4.78 is 15.5. The van der Waals surface area contributed by atoms with Gasteiger partial charge in [0.2, 0.25) is 5.91 Å². The molecular weight excluding hydrogens is 684 g/mol. The smallest absolute Gasteiger partial charge is 0.326 e. The van der Waals surface area contributed by atoms with E-state index >= 15 is 0 Å². The zero-order valence-corrected chi connectivity index (χ0v) is 30.5. The topological polar surface area (TPSA) is 146 Å². The molecule has 0 unspecified atom stereocenters. The van der Waals surface area contributed by atoms with E-state index in [2.05, 4.69) is 22.1 Å². The maximum atomic E-state index is 12.9. The maximum absolute atomic E-state index is 12.9. The van der Waals surface area contributed by atoms with Gasteiger partial charge in [-0.05, 0) is 59.2 Å². The van der Waals surface area contributed by atoms with E-state index in [0.29, 0.717) is 13.0 Å². The number of carboxylic acid groups (broad SMARTS) is 1. The van der Waals surface area contributed by atoms with Crippen LogP contribution >= 0.6 is 0 Å². The van der Waals surface area contributed by atoms with E-state index < -0.39 is 12.3 Å². The Morgan fingerprint density at radius 3 is 2.31 bits per heavy atom. The summed E-state index contributed by atoms with van der Waals surface area (Å²) in [5.41, 5.74) is 7.48. The number of amides is 1. The summed E-state index contributed by atoms with van der Waals surface area (Å²) in [4.78, 5) is 41.5. The summed E-state index contributed by atoms with van der Waals surface area (Å²) in [6.07, 6.45) is 1.21. The molecule has 0 radical (unpaired) electrons. The van der Waals surface area contributed by atoms with Crippen molar-refractivity contribution in [2.45, 2.75) is 76.7 Å². The number of rotatable bonds is 13. The van der Waals surface area contributed by atoms with Gasteiger partial charge in [0, 0.05) is 56.5 Å². The molecule has 54 heavy (non-hydrogen) atoms. The lowest BCUT2D eigenvalue weighted by atomic mass is 9.89. The van der Waals surface area contributed by atoms with Crippen molar-refractivity contribution in [1.29, 1.82) is 0 Å².